The number of rotatable bonds is 8. The Morgan fingerprint density at radius 1 is 1.03 bits per heavy atom. The van der Waals surface area contributed by atoms with Gasteiger partial charge in [-0.1, -0.05) is 53.6 Å². The molecule has 194 valence electrons. The van der Waals surface area contributed by atoms with E-state index in [0.717, 1.165) is 40.3 Å². The number of aromatic nitrogens is 3. The van der Waals surface area contributed by atoms with Crippen molar-refractivity contribution < 1.29 is 5.11 Å². The summed E-state index contributed by atoms with van der Waals surface area (Å²) in [7, 11) is 3.98. The van der Waals surface area contributed by atoms with Crippen molar-refractivity contribution in [3.8, 4) is 11.4 Å². The van der Waals surface area contributed by atoms with Crippen LogP contribution in [-0.2, 0) is 0 Å². The Balaban J connectivity index is 1.67. The molecule has 0 spiro atoms. The van der Waals surface area contributed by atoms with Crippen LogP contribution < -0.4 is 9.80 Å². The smallest absolute Gasteiger partial charge is 0.204 e. The molecule has 0 unspecified atom stereocenters. The zero-order chi connectivity index (χ0) is 26.8. The summed E-state index contributed by atoms with van der Waals surface area (Å²) in [5.41, 5.74) is 6.69. The molecule has 2 heterocycles. The number of hydrogen-bond donors (Lipinski definition) is 1. The number of benzene rings is 3. The van der Waals surface area contributed by atoms with E-state index in [4.69, 9.17) is 26.7 Å². The molecule has 0 saturated heterocycles. The molecule has 5 rings (SSSR count). The molecule has 0 aliphatic carbocycles. The molecule has 9 heteroatoms. The highest BCUT2D eigenvalue weighted by atomic mass is 35.5. The van der Waals surface area contributed by atoms with Gasteiger partial charge in [0.1, 0.15) is 11.4 Å². The van der Waals surface area contributed by atoms with E-state index < -0.39 is 0 Å². The third kappa shape index (κ3) is 4.92. The summed E-state index contributed by atoms with van der Waals surface area (Å²) >= 11 is 6.64. The molecular formula is C29H30ClN7O. The molecule has 1 aliphatic rings. The van der Waals surface area contributed by atoms with Crippen molar-refractivity contribution in [3.63, 3.8) is 0 Å². The van der Waals surface area contributed by atoms with Crippen LogP contribution in [-0.4, -0.2) is 65.2 Å². The molecule has 3 aromatic carbocycles. The standard InChI is InChI=1S/C29H30ClN7O/c1-5-36(15-16-38)21-12-14-24(25(18-21)35(3)4)31-27-26(22-17-19(2)11-13-23(22)30)33-37-29(27)32-28(34-37)20-9-7-6-8-10-20/h6-14,17-18,38H,5,15-16H2,1-4H3. The largest absolute Gasteiger partial charge is 0.395 e. The molecular weight excluding hydrogens is 498 g/mol. The van der Waals surface area contributed by atoms with Gasteiger partial charge in [0, 0.05) is 44.0 Å². The van der Waals surface area contributed by atoms with Gasteiger partial charge >= 0.3 is 0 Å². The van der Waals surface area contributed by atoms with Crippen molar-refractivity contribution in [2.45, 2.75) is 13.8 Å². The first-order valence-electron chi connectivity index (χ1n) is 12.5. The number of anilines is 2. The molecule has 1 N–H and O–H groups in total. The zero-order valence-electron chi connectivity index (χ0n) is 21.9. The summed E-state index contributed by atoms with van der Waals surface area (Å²) in [5.74, 6) is 1.14. The van der Waals surface area contributed by atoms with Gasteiger partial charge < -0.3 is 14.9 Å². The summed E-state index contributed by atoms with van der Waals surface area (Å²) in [6.45, 7) is 5.53. The Kier molecular flexibility index (Phi) is 7.26. The Bertz CT molecular complexity index is 1530. The maximum absolute atomic E-state index is 9.50. The van der Waals surface area contributed by atoms with Gasteiger partial charge in [0.2, 0.25) is 5.82 Å². The lowest BCUT2D eigenvalue weighted by Gasteiger charge is -2.25. The van der Waals surface area contributed by atoms with Crippen LogP contribution in [0.3, 0.4) is 0 Å². The van der Waals surface area contributed by atoms with E-state index in [1.165, 1.54) is 0 Å². The molecule has 8 nitrogen and oxygen atoms in total. The fourth-order valence-electron chi connectivity index (χ4n) is 4.46. The van der Waals surface area contributed by atoms with E-state index in [1.807, 2.05) is 86.6 Å². The molecule has 1 aliphatic heterocycles. The zero-order valence-corrected chi connectivity index (χ0v) is 22.7. The van der Waals surface area contributed by atoms with Crippen LogP contribution in [0.1, 0.15) is 23.9 Å². The summed E-state index contributed by atoms with van der Waals surface area (Å²) < 4.78 is 0. The second-order valence-corrected chi connectivity index (χ2v) is 9.68. The minimum atomic E-state index is 0.0890. The second kappa shape index (κ2) is 10.8. The minimum absolute atomic E-state index is 0.0890. The van der Waals surface area contributed by atoms with Crippen LogP contribution in [0.25, 0.3) is 11.4 Å². The molecule has 0 radical (unpaired) electrons. The van der Waals surface area contributed by atoms with E-state index in [1.54, 1.807) is 4.79 Å². The second-order valence-electron chi connectivity index (χ2n) is 9.28. The number of aryl methyl sites for hydroxylation is 1. The molecule has 4 aromatic rings. The fraction of sp³-hybridized carbons (Fsp3) is 0.241. The maximum Gasteiger partial charge on any atom is 0.204 e. The Morgan fingerprint density at radius 2 is 1.82 bits per heavy atom. The third-order valence-electron chi connectivity index (χ3n) is 6.42. The number of likely N-dealkylation sites (N-methyl/N-ethyl adjacent to an activating group) is 1. The average Bonchev–Trinajstić information content (AvgIpc) is 3.48. The first-order chi connectivity index (χ1) is 18.4. The molecule has 0 bridgehead atoms. The summed E-state index contributed by atoms with van der Waals surface area (Å²) in [6, 6.07) is 21.8. The summed E-state index contributed by atoms with van der Waals surface area (Å²) in [4.78, 5) is 15.7. The SMILES string of the molecule is CCN(CCO)c1ccc(N=C2C(c3cc(C)ccc3Cl)=Nn3nc(-c4ccccc4)nc32)c(N(C)C)c1. The first-order valence-corrected chi connectivity index (χ1v) is 12.9. The molecule has 0 saturated carbocycles. The highest BCUT2D eigenvalue weighted by Crippen LogP contribution is 2.34. The van der Waals surface area contributed by atoms with E-state index in [-0.39, 0.29) is 6.61 Å². The number of aliphatic imine (C=N–C) groups is 1. The van der Waals surface area contributed by atoms with Crippen LogP contribution in [0.2, 0.25) is 5.02 Å². The highest BCUT2D eigenvalue weighted by molar-refractivity contribution is 6.56. The van der Waals surface area contributed by atoms with E-state index in [2.05, 4.69) is 23.0 Å². The predicted octanol–water partition coefficient (Wildman–Crippen LogP) is 5.18. The molecule has 0 amide bonds. The van der Waals surface area contributed by atoms with Gasteiger partial charge in [0.05, 0.1) is 23.0 Å². The van der Waals surface area contributed by atoms with Crippen molar-refractivity contribution in [2.75, 3.05) is 43.6 Å². The van der Waals surface area contributed by atoms with Gasteiger partial charge in [0.25, 0.3) is 0 Å². The van der Waals surface area contributed by atoms with E-state index in [0.29, 0.717) is 34.6 Å². The van der Waals surface area contributed by atoms with Crippen LogP contribution in [0.15, 0.2) is 76.8 Å². The van der Waals surface area contributed by atoms with Crippen LogP contribution in [0, 0.1) is 6.92 Å². The lowest BCUT2D eigenvalue weighted by atomic mass is 10.0. The fourth-order valence-corrected chi connectivity index (χ4v) is 4.66. The van der Waals surface area contributed by atoms with Gasteiger partial charge in [-0.25, -0.2) is 9.98 Å². The first kappa shape index (κ1) is 25.6. The number of nitrogens with zero attached hydrogens (tertiary/aromatic N) is 7. The van der Waals surface area contributed by atoms with E-state index >= 15 is 0 Å². The van der Waals surface area contributed by atoms with Crippen molar-refractivity contribution in [2.24, 2.45) is 10.1 Å². The molecule has 38 heavy (non-hydrogen) atoms. The van der Waals surface area contributed by atoms with Gasteiger partial charge in [-0.2, -0.15) is 0 Å². The van der Waals surface area contributed by atoms with Crippen molar-refractivity contribution in [1.82, 2.24) is 14.9 Å². The van der Waals surface area contributed by atoms with Crippen molar-refractivity contribution in [1.29, 1.82) is 0 Å². The molecule has 1 aromatic heterocycles. The lowest BCUT2D eigenvalue weighted by Crippen LogP contribution is -2.26. The van der Waals surface area contributed by atoms with E-state index in [9.17, 15) is 5.11 Å². The van der Waals surface area contributed by atoms with Crippen LogP contribution >= 0.6 is 11.6 Å². The quantitative estimate of drug-likeness (QED) is 0.341. The predicted molar refractivity (Wildman–Crippen MR) is 156 cm³/mol. The number of hydrogen-bond acceptors (Lipinski definition) is 7. The number of aliphatic hydroxyl groups is 1. The Labute approximate surface area is 227 Å². The third-order valence-corrected chi connectivity index (χ3v) is 6.75. The lowest BCUT2D eigenvalue weighted by molar-refractivity contribution is 0.302. The van der Waals surface area contributed by atoms with Crippen molar-refractivity contribution in [3.05, 3.63) is 88.7 Å². The van der Waals surface area contributed by atoms with Crippen molar-refractivity contribution >= 4 is 40.1 Å². The maximum atomic E-state index is 9.50. The van der Waals surface area contributed by atoms with Crippen LogP contribution in [0.4, 0.5) is 17.1 Å². The average molecular weight is 528 g/mol. The van der Waals surface area contributed by atoms with Gasteiger partial charge in [0.15, 0.2) is 5.82 Å². The monoisotopic (exact) mass is 527 g/mol. The van der Waals surface area contributed by atoms with Gasteiger partial charge in [-0.3, -0.25) is 0 Å². The van der Waals surface area contributed by atoms with Crippen LogP contribution in [0.5, 0.6) is 0 Å². The number of halogens is 1. The van der Waals surface area contributed by atoms with Gasteiger partial charge in [-0.05, 0) is 44.2 Å². The summed E-state index contributed by atoms with van der Waals surface area (Å²) in [6.07, 6.45) is 0. The Morgan fingerprint density at radius 3 is 2.53 bits per heavy atom. The van der Waals surface area contributed by atoms with Gasteiger partial charge in [-0.15, -0.1) is 15.0 Å². The Hall–Kier alpha value is -4.01. The number of fused-ring (bicyclic) bond motifs is 1. The summed E-state index contributed by atoms with van der Waals surface area (Å²) in [5, 5.41) is 19.5. The topological polar surface area (TPSA) is 82.1 Å². The highest BCUT2D eigenvalue weighted by Gasteiger charge is 2.30. The normalized spacial score (nSPS) is 13.5. The number of aliphatic hydroxyl groups excluding tert-OH is 1. The molecule has 0 fully saturated rings. The minimum Gasteiger partial charge on any atom is -0.395 e. The molecule has 0 atom stereocenters.